The largest absolute Gasteiger partial charge is 0.342 e. The Bertz CT molecular complexity index is 469. The molecule has 0 spiro atoms. The molecule has 0 amide bonds. The second-order valence-corrected chi connectivity index (χ2v) is 3.52. The van der Waals surface area contributed by atoms with Gasteiger partial charge in [-0.25, -0.2) is 0 Å². The smallest absolute Gasteiger partial charge is 0.155 e. The first-order valence-corrected chi connectivity index (χ1v) is 4.89. The van der Waals surface area contributed by atoms with Crippen molar-refractivity contribution >= 4 is 11.5 Å². The molecular formula is C12H13N3. The minimum Gasteiger partial charge on any atom is -0.342 e. The van der Waals surface area contributed by atoms with Crippen LogP contribution in [0.15, 0.2) is 46.6 Å². The highest BCUT2D eigenvalue weighted by molar-refractivity contribution is 5.42. The van der Waals surface area contributed by atoms with Gasteiger partial charge in [0.15, 0.2) is 5.82 Å². The molecule has 3 heteroatoms. The van der Waals surface area contributed by atoms with E-state index in [2.05, 4.69) is 21.3 Å². The molecular weight excluding hydrogens is 186 g/mol. The molecule has 1 aromatic heterocycles. The number of aromatic nitrogens is 1. The molecule has 2 rings (SSSR count). The van der Waals surface area contributed by atoms with Crippen molar-refractivity contribution < 1.29 is 0 Å². The number of aryl methyl sites for hydroxylation is 2. The van der Waals surface area contributed by atoms with Crippen molar-refractivity contribution in [2.75, 3.05) is 0 Å². The molecule has 3 nitrogen and oxygen atoms in total. The van der Waals surface area contributed by atoms with Crippen LogP contribution in [0.3, 0.4) is 0 Å². The van der Waals surface area contributed by atoms with E-state index in [1.165, 1.54) is 0 Å². The minimum atomic E-state index is 0.830. The highest BCUT2D eigenvalue weighted by atomic mass is 15.1. The Balaban J connectivity index is 2.22. The Kier molecular flexibility index (Phi) is 2.63. The van der Waals surface area contributed by atoms with E-state index in [9.17, 15) is 0 Å². The molecule has 15 heavy (non-hydrogen) atoms. The average molecular weight is 199 g/mol. The lowest BCUT2D eigenvalue weighted by Gasteiger charge is -1.91. The highest BCUT2D eigenvalue weighted by Gasteiger charge is 1.99. The summed E-state index contributed by atoms with van der Waals surface area (Å²) in [7, 11) is 0. The van der Waals surface area contributed by atoms with E-state index >= 15 is 0 Å². The molecule has 0 aliphatic carbocycles. The number of nitrogens with zero attached hydrogens (tertiary/aromatic N) is 2. The summed E-state index contributed by atoms with van der Waals surface area (Å²) in [5, 5.41) is 8.31. The summed E-state index contributed by atoms with van der Waals surface area (Å²) >= 11 is 0. The minimum absolute atomic E-state index is 0.830. The van der Waals surface area contributed by atoms with Crippen LogP contribution in [0, 0.1) is 13.8 Å². The van der Waals surface area contributed by atoms with Crippen LogP contribution in [-0.4, -0.2) is 4.98 Å². The molecule has 1 aromatic carbocycles. The van der Waals surface area contributed by atoms with E-state index in [-0.39, 0.29) is 0 Å². The van der Waals surface area contributed by atoms with Crippen LogP contribution in [0.2, 0.25) is 0 Å². The van der Waals surface area contributed by atoms with Gasteiger partial charge in [-0.15, -0.1) is 10.2 Å². The average Bonchev–Trinajstić information content (AvgIpc) is 2.56. The van der Waals surface area contributed by atoms with Crippen molar-refractivity contribution in [1.29, 1.82) is 0 Å². The van der Waals surface area contributed by atoms with E-state index < -0.39 is 0 Å². The van der Waals surface area contributed by atoms with Crippen molar-refractivity contribution in [2.45, 2.75) is 13.8 Å². The van der Waals surface area contributed by atoms with Crippen LogP contribution in [0.4, 0.5) is 11.5 Å². The SMILES string of the molecule is Cc1cc(C)c(N=Nc2ccccc2)[nH]1. The molecule has 1 N–H and O–H groups in total. The maximum absolute atomic E-state index is 4.17. The number of nitrogens with one attached hydrogen (secondary N) is 1. The van der Waals surface area contributed by atoms with E-state index in [0.29, 0.717) is 0 Å². The second-order valence-electron chi connectivity index (χ2n) is 3.52. The third-order valence-corrected chi connectivity index (χ3v) is 2.14. The van der Waals surface area contributed by atoms with Gasteiger partial charge in [0, 0.05) is 5.69 Å². The summed E-state index contributed by atoms with van der Waals surface area (Å²) in [4.78, 5) is 3.15. The van der Waals surface area contributed by atoms with E-state index in [0.717, 1.165) is 22.8 Å². The second kappa shape index (κ2) is 4.09. The van der Waals surface area contributed by atoms with E-state index in [1.54, 1.807) is 0 Å². The molecule has 0 unspecified atom stereocenters. The Morgan fingerprint density at radius 2 is 1.73 bits per heavy atom. The lowest BCUT2D eigenvalue weighted by Crippen LogP contribution is -1.67. The van der Waals surface area contributed by atoms with Gasteiger partial charge >= 0.3 is 0 Å². The number of hydrogen-bond donors (Lipinski definition) is 1. The van der Waals surface area contributed by atoms with E-state index in [4.69, 9.17) is 0 Å². The van der Waals surface area contributed by atoms with Crippen LogP contribution >= 0.6 is 0 Å². The standard InChI is InChI=1S/C12H13N3/c1-9-8-10(2)13-12(9)15-14-11-6-4-3-5-7-11/h3-8,13H,1-2H3. The molecule has 0 fully saturated rings. The Morgan fingerprint density at radius 3 is 2.33 bits per heavy atom. The molecule has 1 heterocycles. The van der Waals surface area contributed by atoms with Gasteiger partial charge in [0.05, 0.1) is 5.69 Å². The first-order valence-electron chi connectivity index (χ1n) is 4.89. The summed E-state index contributed by atoms with van der Waals surface area (Å²) < 4.78 is 0. The maximum Gasteiger partial charge on any atom is 0.155 e. The fourth-order valence-electron chi connectivity index (χ4n) is 1.42. The topological polar surface area (TPSA) is 40.5 Å². The Labute approximate surface area is 88.9 Å². The molecule has 2 aromatic rings. The predicted molar refractivity (Wildman–Crippen MR) is 60.9 cm³/mol. The lowest BCUT2D eigenvalue weighted by molar-refractivity contribution is 1.14. The molecule has 0 aliphatic heterocycles. The van der Waals surface area contributed by atoms with Crippen molar-refractivity contribution in [2.24, 2.45) is 10.2 Å². The maximum atomic E-state index is 4.17. The van der Waals surface area contributed by atoms with E-state index in [1.807, 2.05) is 44.2 Å². The monoisotopic (exact) mass is 199 g/mol. The number of aromatic amines is 1. The summed E-state index contributed by atoms with van der Waals surface area (Å²) in [5.74, 6) is 0.830. The first-order chi connectivity index (χ1) is 7.25. The quantitative estimate of drug-likeness (QED) is 0.709. The van der Waals surface area contributed by atoms with Crippen LogP contribution in [0.5, 0.6) is 0 Å². The van der Waals surface area contributed by atoms with Gasteiger partial charge in [0.1, 0.15) is 0 Å². The van der Waals surface area contributed by atoms with Crippen molar-refractivity contribution in [3.63, 3.8) is 0 Å². The van der Waals surface area contributed by atoms with Gasteiger partial charge in [-0.05, 0) is 37.6 Å². The summed E-state index contributed by atoms with van der Waals surface area (Å²) in [6.45, 7) is 4.03. The van der Waals surface area contributed by atoms with Crippen LogP contribution < -0.4 is 0 Å². The number of H-pyrrole nitrogens is 1. The molecule has 0 saturated carbocycles. The third kappa shape index (κ3) is 2.31. The first kappa shape index (κ1) is 9.65. The molecule has 0 bridgehead atoms. The molecule has 0 saturated heterocycles. The zero-order valence-corrected chi connectivity index (χ0v) is 8.86. The van der Waals surface area contributed by atoms with Crippen LogP contribution in [0.25, 0.3) is 0 Å². The Morgan fingerprint density at radius 1 is 1.00 bits per heavy atom. The third-order valence-electron chi connectivity index (χ3n) is 2.14. The fraction of sp³-hybridized carbons (Fsp3) is 0.167. The normalized spacial score (nSPS) is 11.1. The fourth-order valence-corrected chi connectivity index (χ4v) is 1.42. The number of benzene rings is 1. The van der Waals surface area contributed by atoms with Gasteiger partial charge in [-0.2, -0.15) is 0 Å². The summed E-state index contributed by atoms with van der Waals surface area (Å²) in [5.41, 5.74) is 3.09. The zero-order chi connectivity index (χ0) is 10.7. The van der Waals surface area contributed by atoms with Gasteiger partial charge in [-0.3, -0.25) is 0 Å². The lowest BCUT2D eigenvalue weighted by atomic mass is 10.3. The van der Waals surface area contributed by atoms with Gasteiger partial charge < -0.3 is 4.98 Å². The van der Waals surface area contributed by atoms with Crippen molar-refractivity contribution in [1.82, 2.24) is 4.98 Å². The number of azo groups is 1. The molecule has 0 atom stereocenters. The predicted octanol–water partition coefficient (Wildman–Crippen LogP) is 4.05. The number of hydrogen-bond acceptors (Lipinski definition) is 2. The van der Waals surface area contributed by atoms with Crippen LogP contribution in [0.1, 0.15) is 11.3 Å². The molecule has 76 valence electrons. The molecule has 0 radical (unpaired) electrons. The zero-order valence-electron chi connectivity index (χ0n) is 8.86. The van der Waals surface area contributed by atoms with Gasteiger partial charge in [0.25, 0.3) is 0 Å². The Hall–Kier alpha value is -1.90. The highest BCUT2D eigenvalue weighted by Crippen LogP contribution is 2.21. The molecule has 0 aliphatic rings. The summed E-state index contributed by atoms with van der Waals surface area (Å²) in [6.07, 6.45) is 0. The van der Waals surface area contributed by atoms with Gasteiger partial charge in [0.2, 0.25) is 0 Å². The summed E-state index contributed by atoms with van der Waals surface area (Å²) in [6, 6.07) is 11.8. The number of rotatable bonds is 2. The van der Waals surface area contributed by atoms with Crippen molar-refractivity contribution in [3.05, 3.63) is 47.7 Å². The van der Waals surface area contributed by atoms with Crippen LogP contribution in [-0.2, 0) is 0 Å². The van der Waals surface area contributed by atoms with Gasteiger partial charge in [-0.1, -0.05) is 18.2 Å². The van der Waals surface area contributed by atoms with Crippen molar-refractivity contribution in [3.8, 4) is 0 Å².